The summed E-state index contributed by atoms with van der Waals surface area (Å²) >= 11 is 0. The number of methoxy groups -OCH3 is 1. The molecule has 1 rings (SSSR count). The Labute approximate surface area is 115 Å². The molecular formula is C14H22O4S. The van der Waals surface area contributed by atoms with Gasteiger partial charge in [0.25, 0.3) is 0 Å². The van der Waals surface area contributed by atoms with E-state index in [1.807, 2.05) is 6.07 Å². The van der Waals surface area contributed by atoms with E-state index in [0.29, 0.717) is 24.7 Å². The second-order valence-corrected chi connectivity index (χ2v) is 6.85. The first-order valence-corrected chi connectivity index (χ1v) is 7.86. The molecule has 0 saturated carbocycles. The summed E-state index contributed by atoms with van der Waals surface area (Å²) in [7, 11) is -2.06. The summed E-state index contributed by atoms with van der Waals surface area (Å²) in [5.41, 5.74) is 1.05. The lowest BCUT2D eigenvalue weighted by atomic mass is 10.0. The van der Waals surface area contributed by atoms with E-state index in [2.05, 4.69) is 13.8 Å². The van der Waals surface area contributed by atoms with Gasteiger partial charge in [0.05, 0.1) is 5.25 Å². The fourth-order valence-corrected chi connectivity index (χ4v) is 2.49. The van der Waals surface area contributed by atoms with Gasteiger partial charge in [-0.25, -0.2) is 0 Å². The molecule has 0 fully saturated rings. The fourth-order valence-electron chi connectivity index (χ4n) is 1.57. The van der Waals surface area contributed by atoms with E-state index in [4.69, 9.17) is 8.92 Å². The molecule has 0 aliphatic heterocycles. The van der Waals surface area contributed by atoms with E-state index in [1.54, 1.807) is 32.2 Å². The molecule has 19 heavy (non-hydrogen) atoms. The second-order valence-electron chi connectivity index (χ2n) is 4.90. The van der Waals surface area contributed by atoms with E-state index < -0.39 is 15.4 Å². The largest absolute Gasteiger partial charge is 0.385 e. The maximum Gasteiger partial charge on any atom is 0.311 e. The highest BCUT2D eigenvalue weighted by Gasteiger charge is 2.22. The number of benzene rings is 1. The summed E-state index contributed by atoms with van der Waals surface area (Å²) in [6.07, 6.45) is 0.419. The van der Waals surface area contributed by atoms with Crippen LogP contribution in [0.15, 0.2) is 24.3 Å². The molecule has 108 valence electrons. The van der Waals surface area contributed by atoms with Crippen LogP contribution in [0, 0.1) is 0 Å². The summed E-state index contributed by atoms with van der Waals surface area (Å²) in [6.45, 7) is 6.13. The van der Waals surface area contributed by atoms with Gasteiger partial charge in [0.2, 0.25) is 0 Å². The molecule has 0 bridgehead atoms. The minimum absolute atomic E-state index is 0.331. The van der Waals surface area contributed by atoms with E-state index >= 15 is 0 Å². The molecule has 4 nitrogen and oxygen atoms in total. The maximum atomic E-state index is 12.0. The molecule has 0 N–H and O–H groups in total. The SMILES string of the molecule is COCC[C@@H](C)S(=O)(=O)Oc1cccc(C(C)C)c1. The molecule has 0 unspecified atom stereocenters. The Hall–Kier alpha value is -1.07. The van der Waals surface area contributed by atoms with Crippen LogP contribution < -0.4 is 4.18 Å². The van der Waals surface area contributed by atoms with Crippen molar-refractivity contribution in [1.29, 1.82) is 0 Å². The zero-order chi connectivity index (χ0) is 14.5. The van der Waals surface area contributed by atoms with Gasteiger partial charge in [-0.15, -0.1) is 0 Å². The van der Waals surface area contributed by atoms with E-state index in [-0.39, 0.29) is 0 Å². The molecule has 0 amide bonds. The van der Waals surface area contributed by atoms with Crippen molar-refractivity contribution in [2.45, 2.75) is 38.4 Å². The Balaban J connectivity index is 2.80. The van der Waals surface area contributed by atoms with Crippen molar-refractivity contribution in [3.05, 3.63) is 29.8 Å². The van der Waals surface area contributed by atoms with Crippen molar-refractivity contribution in [3.8, 4) is 5.75 Å². The minimum atomic E-state index is -3.61. The topological polar surface area (TPSA) is 52.6 Å². The Bertz CT molecular complexity index is 494. The summed E-state index contributed by atoms with van der Waals surface area (Å²) in [4.78, 5) is 0. The third-order valence-corrected chi connectivity index (χ3v) is 4.60. The molecule has 1 aromatic carbocycles. The lowest BCUT2D eigenvalue weighted by Crippen LogP contribution is -2.24. The van der Waals surface area contributed by atoms with Crippen LogP contribution in [-0.4, -0.2) is 27.4 Å². The average Bonchev–Trinajstić information content (AvgIpc) is 2.35. The first-order valence-electron chi connectivity index (χ1n) is 6.39. The van der Waals surface area contributed by atoms with Crippen LogP contribution in [0.4, 0.5) is 0 Å². The van der Waals surface area contributed by atoms with E-state index in [1.165, 1.54) is 0 Å². The Kier molecular flexibility index (Phi) is 5.82. The van der Waals surface area contributed by atoms with Crippen LogP contribution in [0.25, 0.3) is 0 Å². The van der Waals surface area contributed by atoms with Gasteiger partial charge in [0.1, 0.15) is 5.75 Å². The average molecular weight is 286 g/mol. The molecule has 0 aliphatic carbocycles. The Morgan fingerprint density at radius 2 is 1.89 bits per heavy atom. The molecule has 5 heteroatoms. The highest BCUT2D eigenvalue weighted by molar-refractivity contribution is 7.87. The zero-order valence-corrected chi connectivity index (χ0v) is 12.7. The van der Waals surface area contributed by atoms with Crippen LogP contribution in [0.1, 0.15) is 38.7 Å². The molecule has 1 aromatic rings. The highest BCUT2D eigenvalue weighted by Crippen LogP contribution is 2.22. The zero-order valence-electron chi connectivity index (χ0n) is 11.9. The molecule has 1 atom stereocenters. The lowest BCUT2D eigenvalue weighted by molar-refractivity contribution is 0.194. The first kappa shape index (κ1) is 16.0. The Morgan fingerprint density at radius 1 is 1.21 bits per heavy atom. The van der Waals surface area contributed by atoms with E-state index in [0.717, 1.165) is 5.56 Å². The molecule has 0 aromatic heterocycles. The quantitative estimate of drug-likeness (QED) is 0.723. The summed E-state index contributed by atoms with van der Waals surface area (Å²) in [5, 5.41) is -0.588. The highest BCUT2D eigenvalue weighted by atomic mass is 32.2. The lowest BCUT2D eigenvalue weighted by Gasteiger charge is -2.14. The molecular weight excluding hydrogens is 264 g/mol. The van der Waals surface area contributed by atoms with Gasteiger partial charge in [-0.2, -0.15) is 8.42 Å². The van der Waals surface area contributed by atoms with Crippen molar-refractivity contribution in [3.63, 3.8) is 0 Å². The number of hydrogen-bond donors (Lipinski definition) is 0. The van der Waals surface area contributed by atoms with Gasteiger partial charge in [-0.05, 0) is 37.0 Å². The van der Waals surface area contributed by atoms with Crippen LogP contribution in [0.5, 0.6) is 5.75 Å². The number of rotatable bonds is 7. The van der Waals surface area contributed by atoms with Gasteiger partial charge in [0, 0.05) is 13.7 Å². The van der Waals surface area contributed by atoms with E-state index in [9.17, 15) is 8.42 Å². The van der Waals surface area contributed by atoms with Crippen molar-refractivity contribution >= 4 is 10.1 Å². The minimum Gasteiger partial charge on any atom is -0.385 e. The van der Waals surface area contributed by atoms with Crippen molar-refractivity contribution in [2.24, 2.45) is 0 Å². The van der Waals surface area contributed by atoms with Crippen molar-refractivity contribution in [2.75, 3.05) is 13.7 Å². The monoisotopic (exact) mass is 286 g/mol. The van der Waals surface area contributed by atoms with Crippen LogP contribution in [0.2, 0.25) is 0 Å². The third-order valence-electron chi connectivity index (χ3n) is 2.96. The number of ether oxygens (including phenoxy) is 1. The van der Waals surface area contributed by atoms with Crippen LogP contribution in [-0.2, 0) is 14.9 Å². The standard InChI is InChI=1S/C14H22O4S/c1-11(2)13-6-5-7-14(10-13)18-19(15,16)12(3)8-9-17-4/h5-7,10-12H,8-9H2,1-4H3/t12-/m1/s1. The molecule has 0 aliphatic rings. The first-order chi connectivity index (χ1) is 8.86. The molecule has 0 heterocycles. The van der Waals surface area contributed by atoms with Gasteiger partial charge < -0.3 is 8.92 Å². The Morgan fingerprint density at radius 3 is 2.47 bits per heavy atom. The van der Waals surface area contributed by atoms with Crippen molar-refractivity contribution in [1.82, 2.24) is 0 Å². The second kappa shape index (κ2) is 6.91. The normalized spacial score (nSPS) is 13.5. The van der Waals surface area contributed by atoms with Crippen LogP contribution >= 0.6 is 0 Å². The molecule has 0 radical (unpaired) electrons. The van der Waals surface area contributed by atoms with Gasteiger partial charge in [0.15, 0.2) is 0 Å². The molecule has 0 saturated heterocycles. The van der Waals surface area contributed by atoms with Gasteiger partial charge in [-0.1, -0.05) is 26.0 Å². The number of hydrogen-bond acceptors (Lipinski definition) is 4. The summed E-state index contributed by atoms with van der Waals surface area (Å²) in [6, 6.07) is 7.19. The predicted octanol–water partition coefficient (Wildman–Crippen LogP) is 2.94. The smallest absolute Gasteiger partial charge is 0.311 e. The van der Waals surface area contributed by atoms with Crippen molar-refractivity contribution < 1.29 is 17.3 Å². The fraction of sp³-hybridized carbons (Fsp3) is 0.571. The molecule has 0 spiro atoms. The van der Waals surface area contributed by atoms with Gasteiger partial charge >= 0.3 is 10.1 Å². The maximum absolute atomic E-state index is 12.0. The predicted molar refractivity (Wildman–Crippen MR) is 76.0 cm³/mol. The van der Waals surface area contributed by atoms with Crippen LogP contribution in [0.3, 0.4) is 0 Å². The third kappa shape index (κ3) is 4.84. The summed E-state index contributed by atoms with van der Waals surface area (Å²) < 4.78 is 34.1. The summed E-state index contributed by atoms with van der Waals surface area (Å²) in [5.74, 6) is 0.702. The van der Waals surface area contributed by atoms with Gasteiger partial charge in [-0.3, -0.25) is 0 Å².